The maximum Gasteiger partial charge on any atom is 0.408 e. The molecule has 0 saturated heterocycles. The van der Waals surface area contributed by atoms with E-state index in [9.17, 15) is 14.4 Å². The Hall–Kier alpha value is -2.57. The molecule has 37 heavy (non-hydrogen) atoms. The number of benzene rings is 1. The number of carbonyl (C=O) groups excluding carboxylic acids is 3. The van der Waals surface area contributed by atoms with Crippen molar-refractivity contribution in [2.45, 2.75) is 131 Å². The van der Waals surface area contributed by atoms with E-state index in [1.165, 1.54) is 6.42 Å². The molecule has 0 aromatic heterocycles. The minimum atomic E-state index is -0.857. The lowest BCUT2D eigenvalue weighted by Crippen LogP contribution is -2.60. The number of rotatable bonds is 7. The van der Waals surface area contributed by atoms with Crippen LogP contribution in [0.4, 0.5) is 4.79 Å². The summed E-state index contributed by atoms with van der Waals surface area (Å²) in [5, 5.41) is 6.06. The quantitative estimate of drug-likeness (QED) is 0.468. The first kappa shape index (κ1) is 30.7. The van der Waals surface area contributed by atoms with Crippen molar-refractivity contribution in [3.8, 4) is 0 Å². The van der Waals surface area contributed by atoms with Crippen LogP contribution in [0.1, 0.15) is 110 Å². The molecular formula is C30H49N3O4. The van der Waals surface area contributed by atoms with Gasteiger partial charge in [0.25, 0.3) is 0 Å². The van der Waals surface area contributed by atoms with Crippen LogP contribution in [-0.2, 0) is 14.3 Å². The summed E-state index contributed by atoms with van der Waals surface area (Å²) in [5.74, 6) is -0.702. The second-order valence-electron chi connectivity index (χ2n) is 12.9. The molecule has 2 atom stereocenters. The van der Waals surface area contributed by atoms with E-state index in [2.05, 4.69) is 10.6 Å². The van der Waals surface area contributed by atoms with E-state index in [0.717, 1.165) is 42.4 Å². The fourth-order valence-electron chi connectivity index (χ4n) is 4.92. The molecule has 0 bridgehead atoms. The first-order valence-corrected chi connectivity index (χ1v) is 13.7. The molecule has 1 aliphatic carbocycles. The summed E-state index contributed by atoms with van der Waals surface area (Å²) in [6, 6.07) is 4.42. The Morgan fingerprint density at radius 2 is 1.57 bits per heavy atom. The lowest BCUT2D eigenvalue weighted by atomic mass is 9.89. The summed E-state index contributed by atoms with van der Waals surface area (Å²) in [4.78, 5) is 42.7. The smallest absolute Gasteiger partial charge is 0.408 e. The minimum Gasteiger partial charge on any atom is -0.444 e. The summed E-state index contributed by atoms with van der Waals surface area (Å²) >= 11 is 0. The number of carbonyl (C=O) groups is 3. The number of alkyl carbamates (subject to hydrolysis) is 1. The van der Waals surface area contributed by atoms with Gasteiger partial charge in [-0.05, 0) is 85.3 Å². The van der Waals surface area contributed by atoms with E-state index in [4.69, 9.17) is 4.74 Å². The van der Waals surface area contributed by atoms with Crippen molar-refractivity contribution in [2.75, 3.05) is 0 Å². The molecule has 7 heteroatoms. The van der Waals surface area contributed by atoms with Gasteiger partial charge in [-0.25, -0.2) is 4.79 Å². The third kappa shape index (κ3) is 8.75. The second kappa shape index (κ2) is 12.3. The molecule has 1 aliphatic rings. The van der Waals surface area contributed by atoms with E-state index in [1.54, 1.807) is 25.7 Å². The van der Waals surface area contributed by atoms with Crippen LogP contribution in [0.25, 0.3) is 0 Å². The third-order valence-corrected chi connectivity index (χ3v) is 6.75. The maximum atomic E-state index is 14.3. The summed E-state index contributed by atoms with van der Waals surface area (Å²) < 4.78 is 5.46. The number of amides is 3. The van der Waals surface area contributed by atoms with Crippen LogP contribution in [0.2, 0.25) is 0 Å². The standard InChI is InChI=1S/C30H49N3O4/c1-19(2)24(32-28(36)37-30(8,9)10)27(35)33(29(5,6)7)25(23-18-20(3)16-17-21(23)4)26(34)31-22-14-12-11-13-15-22/h16-19,22,24-25H,11-15H2,1-10H3,(H,31,34)(H,32,36). The molecule has 3 amide bonds. The van der Waals surface area contributed by atoms with Gasteiger partial charge < -0.3 is 20.3 Å². The summed E-state index contributed by atoms with van der Waals surface area (Å²) in [6.45, 7) is 18.9. The van der Waals surface area contributed by atoms with Crippen molar-refractivity contribution >= 4 is 17.9 Å². The molecule has 208 valence electrons. The normalized spacial score (nSPS) is 16.6. The predicted molar refractivity (Wildman–Crippen MR) is 148 cm³/mol. The Morgan fingerprint density at radius 1 is 0.973 bits per heavy atom. The van der Waals surface area contributed by atoms with E-state index in [0.29, 0.717) is 0 Å². The highest BCUT2D eigenvalue weighted by atomic mass is 16.6. The number of nitrogens with one attached hydrogen (secondary N) is 2. The fraction of sp³-hybridized carbons (Fsp3) is 0.700. The fourth-order valence-corrected chi connectivity index (χ4v) is 4.92. The van der Waals surface area contributed by atoms with Crippen molar-refractivity contribution < 1.29 is 19.1 Å². The zero-order valence-corrected chi connectivity index (χ0v) is 24.7. The Labute approximate surface area is 224 Å². The number of nitrogens with zero attached hydrogens (tertiary/aromatic N) is 1. The van der Waals surface area contributed by atoms with Crippen LogP contribution < -0.4 is 10.6 Å². The highest BCUT2D eigenvalue weighted by molar-refractivity contribution is 5.93. The van der Waals surface area contributed by atoms with Gasteiger partial charge in [0.2, 0.25) is 11.8 Å². The molecule has 2 rings (SSSR count). The Morgan fingerprint density at radius 3 is 2.08 bits per heavy atom. The highest BCUT2D eigenvalue weighted by Crippen LogP contribution is 2.33. The summed E-state index contributed by atoms with van der Waals surface area (Å²) in [6.07, 6.45) is 4.62. The number of ether oxygens (including phenoxy) is 1. The highest BCUT2D eigenvalue weighted by Gasteiger charge is 2.43. The van der Waals surface area contributed by atoms with Gasteiger partial charge in [0.05, 0.1) is 0 Å². The van der Waals surface area contributed by atoms with E-state index in [1.807, 2.05) is 66.7 Å². The molecule has 2 unspecified atom stereocenters. The lowest BCUT2D eigenvalue weighted by Gasteiger charge is -2.44. The van der Waals surface area contributed by atoms with Crippen molar-refractivity contribution in [2.24, 2.45) is 5.92 Å². The van der Waals surface area contributed by atoms with Crippen molar-refractivity contribution in [3.63, 3.8) is 0 Å². The lowest BCUT2D eigenvalue weighted by molar-refractivity contribution is -0.149. The van der Waals surface area contributed by atoms with Crippen LogP contribution in [0.5, 0.6) is 0 Å². The summed E-state index contributed by atoms with van der Waals surface area (Å²) in [5.41, 5.74) is 1.36. The average Bonchev–Trinajstić information content (AvgIpc) is 2.75. The molecular weight excluding hydrogens is 466 g/mol. The largest absolute Gasteiger partial charge is 0.444 e. The number of hydrogen-bond acceptors (Lipinski definition) is 4. The molecule has 1 saturated carbocycles. The minimum absolute atomic E-state index is 0.103. The first-order valence-electron chi connectivity index (χ1n) is 13.7. The third-order valence-electron chi connectivity index (χ3n) is 6.75. The zero-order chi connectivity index (χ0) is 28.1. The van der Waals surface area contributed by atoms with Crippen LogP contribution >= 0.6 is 0 Å². The van der Waals surface area contributed by atoms with Crippen LogP contribution in [-0.4, -0.2) is 46.0 Å². The van der Waals surface area contributed by atoms with Gasteiger partial charge in [-0.3, -0.25) is 9.59 Å². The van der Waals surface area contributed by atoms with E-state index >= 15 is 0 Å². The van der Waals surface area contributed by atoms with Gasteiger partial charge in [0.15, 0.2) is 0 Å². The van der Waals surface area contributed by atoms with Crippen molar-refractivity contribution in [1.29, 1.82) is 0 Å². The van der Waals surface area contributed by atoms with E-state index in [-0.39, 0.29) is 23.8 Å². The second-order valence-corrected chi connectivity index (χ2v) is 12.9. The Bertz CT molecular complexity index is 953. The van der Waals surface area contributed by atoms with Gasteiger partial charge in [-0.2, -0.15) is 0 Å². The molecule has 2 N–H and O–H groups in total. The molecule has 7 nitrogen and oxygen atoms in total. The van der Waals surface area contributed by atoms with Crippen molar-refractivity contribution in [1.82, 2.24) is 15.5 Å². The summed E-state index contributed by atoms with van der Waals surface area (Å²) in [7, 11) is 0. The Balaban J connectivity index is 2.56. The monoisotopic (exact) mass is 515 g/mol. The van der Waals surface area contributed by atoms with Gasteiger partial charge in [-0.1, -0.05) is 56.9 Å². The molecule has 0 heterocycles. The zero-order valence-electron chi connectivity index (χ0n) is 24.7. The van der Waals surface area contributed by atoms with Gasteiger partial charge >= 0.3 is 6.09 Å². The molecule has 0 aliphatic heterocycles. The Kier molecular flexibility index (Phi) is 10.2. The van der Waals surface area contributed by atoms with Crippen LogP contribution in [0.3, 0.4) is 0 Å². The topological polar surface area (TPSA) is 87.7 Å². The molecule has 0 spiro atoms. The van der Waals surface area contributed by atoms with Gasteiger partial charge in [0.1, 0.15) is 17.7 Å². The van der Waals surface area contributed by atoms with Crippen LogP contribution in [0, 0.1) is 19.8 Å². The number of aryl methyl sites for hydroxylation is 2. The average molecular weight is 516 g/mol. The SMILES string of the molecule is Cc1ccc(C)c(C(C(=O)NC2CCCCC2)N(C(=O)C(NC(=O)OC(C)(C)C)C(C)C)C(C)(C)C)c1. The molecule has 1 aromatic carbocycles. The molecule has 0 radical (unpaired) electrons. The maximum absolute atomic E-state index is 14.3. The predicted octanol–water partition coefficient (Wildman–Crippen LogP) is 5.97. The van der Waals surface area contributed by atoms with Crippen molar-refractivity contribution in [3.05, 3.63) is 34.9 Å². The van der Waals surface area contributed by atoms with Gasteiger partial charge in [-0.15, -0.1) is 0 Å². The van der Waals surface area contributed by atoms with Gasteiger partial charge in [0, 0.05) is 11.6 Å². The molecule has 1 aromatic rings. The molecule has 1 fully saturated rings. The van der Waals surface area contributed by atoms with Crippen LogP contribution in [0.15, 0.2) is 18.2 Å². The first-order chi connectivity index (χ1) is 17.0. The van der Waals surface area contributed by atoms with E-state index < -0.39 is 29.3 Å². The number of hydrogen-bond donors (Lipinski definition) is 2.